The van der Waals surface area contributed by atoms with E-state index in [1.54, 1.807) is 0 Å². The van der Waals surface area contributed by atoms with Crippen LogP contribution in [-0.4, -0.2) is 10.8 Å². The van der Waals surface area contributed by atoms with E-state index in [-0.39, 0.29) is 5.78 Å². The quantitative estimate of drug-likeness (QED) is 0.401. The number of hydrogen-bond donors (Lipinski definition) is 0. The Labute approximate surface area is 134 Å². The van der Waals surface area contributed by atoms with Gasteiger partial charge in [0.2, 0.25) is 0 Å². The van der Waals surface area contributed by atoms with Gasteiger partial charge in [-0.1, -0.05) is 60.7 Å². The van der Waals surface area contributed by atoms with Gasteiger partial charge in [0.15, 0.2) is 5.78 Å². The van der Waals surface area contributed by atoms with Crippen LogP contribution < -0.4 is 0 Å². The molecule has 2 nitrogen and oxygen atoms in total. The van der Waals surface area contributed by atoms with E-state index in [4.69, 9.17) is 4.98 Å². The Balaban J connectivity index is 1.80. The molecular weight excluding hydrogens is 282 g/mol. The molecule has 3 aromatic carbocycles. The number of pyridine rings is 1. The lowest BCUT2D eigenvalue weighted by Crippen LogP contribution is -2.04. The molecule has 2 heteroatoms. The average Bonchev–Trinajstić information content (AvgIpc) is 2.61. The summed E-state index contributed by atoms with van der Waals surface area (Å²) in [5.41, 5.74) is 3.68. The fraction of sp³-hybridized carbons (Fsp3) is 0.0476. The highest BCUT2D eigenvalue weighted by Gasteiger charge is 2.10. The van der Waals surface area contributed by atoms with E-state index >= 15 is 0 Å². The summed E-state index contributed by atoms with van der Waals surface area (Å²) in [6, 6.07) is 25.6. The number of ketones is 1. The predicted molar refractivity (Wildman–Crippen MR) is 93.7 cm³/mol. The molecule has 0 atom stereocenters. The smallest absolute Gasteiger partial charge is 0.167 e. The lowest BCUT2D eigenvalue weighted by molar-refractivity contribution is 0.0993. The van der Waals surface area contributed by atoms with E-state index in [2.05, 4.69) is 12.1 Å². The normalized spacial score (nSPS) is 11.0. The van der Waals surface area contributed by atoms with Crippen molar-refractivity contribution in [3.63, 3.8) is 0 Å². The summed E-state index contributed by atoms with van der Waals surface area (Å²) in [5, 5.41) is 2.15. The molecule has 0 saturated carbocycles. The van der Waals surface area contributed by atoms with Crippen molar-refractivity contribution in [1.29, 1.82) is 0 Å². The maximum Gasteiger partial charge on any atom is 0.167 e. The minimum Gasteiger partial charge on any atom is -0.294 e. The number of para-hydroxylation sites is 1. The van der Waals surface area contributed by atoms with Crippen LogP contribution in [0, 0.1) is 0 Å². The van der Waals surface area contributed by atoms with Crippen LogP contribution in [0.15, 0.2) is 78.9 Å². The molecule has 0 aliphatic carbocycles. The molecule has 0 saturated heterocycles. The molecule has 0 bridgehead atoms. The number of rotatable bonds is 3. The molecule has 23 heavy (non-hydrogen) atoms. The molecule has 0 unspecified atom stereocenters. The number of carbonyl (C=O) groups excluding carboxylic acids is 1. The Morgan fingerprint density at radius 2 is 1.52 bits per heavy atom. The lowest BCUT2D eigenvalue weighted by atomic mass is 9.98. The lowest BCUT2D eigenvalue weighted by Gasteiger charge is -2.07. The maximum atomic E-state index is 12.5. The van der Waals surface area contributed by atoms with Gasteiger partial charge in [-0.3, -0.25) is 4.79 Å². The first-order chi connectivity index (χ1) is 11.3. The number of nitrogens with zero attached hydrogens (tertiary/aromatic N) is 1. The molecule has 4 aromatic rings. The largest absolute Gasteiger partial charge is 0.294 e. The van der Waals surface area contributed by atoms with E-state index in [1.807, 2.05) is 66.7 Å². The van der Waals surface area contributed by atoms with Crippen molar-refractivity contribution in [1.82, 2.24) is 4.98 Å². The first-order valence-corrected chi connectivity index (χ1v) is 7.67. The number of hydrogen-bond acceptors (Lipinski definition) is 2. The molecule has 0 fully saturated rings. The van der Waals surface area contributed by atoms with Crippen LogP contribution in [0.3, 0.4) is 0 Å². The van der Waals surface area contributed by atoms with Crippen LogP contribution in [0.4, 0.5) is 0 Å². The van der Waals surface area contributed by atoms with Crippen LogP contribution in [0.25, 0.3) is 21.8 Å². The Hall–Kier alpha value is -3.00. The highest BCUT2D eigenvalue weighted by atomic mass is 16.1. The van der Waals surface area contributed by atoms with Crippen LogP contribution >= 0.6 is 0 Å². The average molecular weight is 297 g/mol. The van der Waals surface area contributed by atoms with Crippen LogP contribution in [0.1, 0.15) is 15.9 Å². The van der Waals surface area contributed by atoms with Gasteiger partial charge >= 0.3 is 0 Å². The van der Waals surface area contributed by atoms with Crippen LogP contribution in [-0.2, 0) is 6.42 Å². The number of fused-ring (bicyclic) bond motifs is 2. The second-order valence-electron chi connectivity index (χ2n) is 5.63. The summed E-state index contributed by atoms with van der Waals surface area (Å²) in [6.07, 6.45) is 0.390. The van der Waals surface area contributed by atoms with E-state index in [0.29, 0.717) is 6.42 Å². The van der Waals surface area contributed by atoms with Gasteiger partial charge in [0.05, 0.1) is 11.0 Å². The summed E-state index contributed by atoms with van der Waals surface area (Å²) in [5.74, 6) is 0.131. The Morgan fingerprint density at radius 3 is 2.39 bits per heavy atom. The first-order valence-electron chi connectivity index (χ1n) is 7.67. The minimum absolute atomic E-state index is 0.131. The molecule has 0 amide bonds. The third-order valence-electron chi connectivity index (χ3n) is 4.10. The first kappa shape index (κ1) is 13.6. The van der Waals surface area contributed by atoms with E-state index in [1.165, 1.54) is 0 Å². The Bertz CT molecular complexity index is 1010. The SMILES string of the molecule is O=C(Cc1cccc2nc3ccccc3cc12)c1ccccc1. The van der Waals surface area contributed by atoms with Crippen molar-refractivity contribution in [2.45, 2.75) is 6.42 Å². The van der Waals surface area contributed by atoms with Crippen molar-refractivity contribution in [2.24, 2.45) is 0 Å². The van der Waals surface area contributed by atoms with E-state index in [0.717, 1.165) is 32.9 Å². The van der Waals surface area contributed by atoms with Gasteiger partial charge in [-0.2, -0.15) is 0 Å². The van der Waals surface area contributed by atoms with Gasteiger partial charge in [-0.25, -0.2) is 4.98 Å². The summed E-state index contributed by atoms with van der Waals surface area (Å²) in [4.78, 5) is 17.2. The molecule has 1 heterocycles. The van der Waals surface area contributed by atoms with Gasteiger partial charge in [-0.15, -0.1) is 0 Å². The van der Waals surface area contributed by atoms with Crippen molar-refractivity contribution >= 4 is 27.6 Å². The summed E-state index contributed by atoms with van der Waals surface area (Å²) in [7, 11) is 0. The van der Waals surface area contributed by atoms with Crippen LogP contribution in [0.2, 0.25) is 0 Å². The third-order valence-corrected chi connectivity index (χ3v) is 4.10. The predicted octanol–water partition coefficient (Wildman–Crippen LogP) is 4.81. The van der Waals surface area contributed by atoms with Crippen LogP contribution in [0.5, 0.6) is 0 Å². The zero-order valence-electron chi connectivity index (χ0n) is 12.6. The highest BCUT2D eigenvalue weighted by Crippen LogP contribution is 2.23. The molecule has 0 spiro atoms. The Morgan fingerprint density at radius 1 is 0.783 bits per heavy atom. The minimum atomic E-state index is 0.131. The monoisotopic (exact) mass is 297 g/mol. The van der Waals surface area contributed by atoms with Crippen molar-refractivity contribution < 1.29 is 4.79 Å². The van der Waals surface area contributed by atoms with Gasteiger partial charge in [0.25, 0.3) is 0 Å². The van der Waals surface area contributed by atoms with Crippen molar-refractivity contribution in [3.8, 4) is 0 Å². The number of aromatic nitrogens is 1. The second-order valence-corrected chi connectivity index (χ2v) is 5.63. The molecule has 4 rings (SSSR count). The zero-order chi connectivity index (χ0) is 15.6. The van der Waals surface area contributed by atoms with Crippen molar-refractivity contribution in [3.05, 3.63) is 90.0 Å². The zero-order valence-corrected chi connectivity index (χ0v) is 12.6. The Kier molecular flexibility index (Phi) is 3.35. The molecule has 0 radical (unpaired) electrons. The summed E-state index contributed by atoms with van der Waals surface area (Å²) in [6.45, 7) is 0. The molecular formula is C21H15NO. The van der Waals surface area contributed by atoms with E-state index in [9.17, 15) is 4.79 Å². The second kappa shape index (κ2) is 5.65. The number of Topliss-reactive ketones (excluding diaryl/α,β-unsaturated/α-hetero) is 1. The van der Waals surface area contributed by atoms with Gasteiger partial charge < -0.3 is 0 Å². The summed E-state index contributed by atoms with van der Waals surface area (Å²) >= 11 is 0. The van der Waals surface area contributed by atoms with Gasteiger partial charge in [0, 0.05) is 22.8 Å². The fourth-order valence-electron chi connectivity index (χ4n) is 2.91. The third kappa shape index (κ3) is 2.59. The molecule has 0 aliphatic heterocycles. The van der Waals surface area contributed by atoms with Crippen molar-refractivity contribution in [2.75, 3.05) is 0 Å². The van der Waals surface area contributed by atoms with Gasteiger partial charge in [-0.05, 0) is 23.8 Å². The molecule has 110 valence electrons. The highest BCUT2D eigenvalue weighted by molar-refractivity contribution is 6.01. The topological polar surface area (TPSA) is 30.0 Å². The summed E-state index contributed by atoms with van der Waals surface area (Å²) < 4.78 is 0. The molecule has 0 N–H and O–H groups in total. The number of carbonyl (C=O) groups is 1. The fourth-order valence-corrected chi connectivity index (χ4v) is 2.91. The van der Waals surface area contributed by atoms with E-state index < -0.39 is 0 Å². The molecule has 1 aromatic heterocycles. The maximum absolute atomic E-state index is 12.5. The van der Waals surface area contributed by atoms with Gasteiger partial charge in [0.1, 0.15) is 0 Å². The standard InChI is InChI=1S/C21H15NO/c23-21(15-7-2-1-3-8-15)14-16-10-6-12-20-18(16)13-17-9-4-5-11-19(17)22-20/h1-13H,14H2. The molecule has 0 aliphatic rings. The number of benzene rings is 3.